The van der Waals surface area contributed by atoms with Crippen LogP contribution in [-0.4, -0.2) is 40.9 Å². The van der Waals surface area contributed by atoms with Crippen LogP contribution in [0.15, 0.2) is 35.4 Å². The molecule has 0 aromatic carbocycles. The number of pyridine rings is 1. The highest BCUT2D eigenvalue weighted by atomic mass is 32.2. The lowest BCUT2D eigenvalue weighted by atomic mass is 10.2. The first-order valence-electron chi connectivity index (χ1n) is 7.62. The van der Waals surface area contributed by atoms with Gasteiger partial charge in [0.1, 0.15) is 11.5 Å². The highest BCUT2D eigenvalue weighted by molar-refractivity contribution is 7.91. The molecule has 0 spiro atoms. The number of anilines is 1. The first kappa shape index (κ1) is 19.0. The van der Waals surface area contributed by atoms with E-state index in [1.54, 1.807) is 0 Å². The molecule has 1 N–H and O–H groups in total. The molecule has 12 heteroatoms. The number of hydrogen-bond acceptors (Lipinski definition) is 7. The highest BCUT2D eigenvalue weighted by Gasteiger charge is 2.34. The van der Waals surface area contributed by atoms with Crippen LogP contribution in [0.25, 0.3) is 17.0 Å². The molecule has 0 radical (unpaired) electrons. The van der Waals surface area contributed by atoms with E-state index in [1.165, 1.54) is 38.4 Å². The lowest BCUT2D eigenvalue weighted by Crippen LogP contribution is -2.09. The monoisotopic (exact) mass is 401 g/mol. The minimum absolute atomic E-state index is 0.00356. The molecule has 3 heterocycles. The molecule has 3 rings (SSSR count). The summed E-state index contributed by atoms with van der Waals surface area (Å²) in [6.07, 6.45) is -3.36. The summed E-state index contributed by atoms with van der Waals surface area (Å²) in [4.78, 5) is 12.9. The van der Waals surface area contributed by atoms with E-state index in [0.717, 1.165) is 10.6 Å². The van der Waals surface area contributed by atoms with Gasteiger partial charge in [-0.3, -0.25) is 4.84 Å². The number of fused-ring (bicyclic) bond motifs is 1. The third-order valence-electron chi connectivity index (χ3n) is 3.64. The minimum Gasteiger partial charge on any atom is -0.278 e. The normalized spacial score (nSPS) is 12.5. The van der Waals surface area contributed by atoms with Gasteiger partial charge >= 0.3 is 6.18 Å². The number of hydrogen-bond donors (Lipinski definition) is 1. The van der Waals surface area contributed by atoms with E-state index in [2.05, 4.69) is 20.5 Å². The number of rotatable bonds is 5. The van der Waals surface area contributed by atoms with Crippen LogP contribution in [0, 0.1) is 0 Å². The van der Waals surface area contributed by atoms with Gasteiger partial charge in [-0.05, 0) is 18.2 Å². The van der Waals surface area contributed by atoms with Crippen molar-refractivity contribution in [3.8, 4) is 11.4 Å². The molecular formula is C15H14F3N5O3S. The lowest BCUT2D eigenvalue weighted by Gasteiger charge is -2.11. The minimum atomic E-state index is -4.62. The average molecular weight is 401 g/mol. The van der Waals surface area contributed by atoms with Gasteiger partial charge in [-0.1, -0.05) is 6.92 Å². The maximum atomic E-state index is 12.8. The number of sulfone groups is 1. The van der Waals surface area contributed by atoms with Crippen LogP contribution in [0.2, 0.25) is 0 Å². The second kappa shape index (κ2) is 6.78. The van der Waals surface area contributed by atoms with Crippen molar-refractivity contribution in [2.75, 3.05) is 18.3 Å². The van der Waals surface area contributed by atoms with Crippen molar-refractivity contribution in [2.45, 2.75) is 18.0 Å². The van der Waals surface area contributed by atoms with E-state index in [4.69, 9.17) is 4.84 Å². The molecule has 0 aliphatic heterocycles. The summed E-state index contributed by atoms with van der Waals surface area (Å²) in [5.74, 6) is 0.0417. The van der Waals surface area contributed by atoms with Gasteiger partial charge in [0.2, 0.25) is 0 Å². The van der Waals surface area contributed by atoms with Crippen molar-refractivity contribution in [1.82, 2.24) is 19.6 Å². The fraction of sp³-hybridized carbons (Fsp3) is 0.267. The van der Waals surface area contributed by atoms with Crippen molar-refractivity contribution in [3.05, 3.63) is 36.2 Å². The summed E-state index contributed by atoms with van der Waals surface area (Å²) in [5.41, 5.74) is 1.37. The topological polar surface area (TPSA) is 98.5 Å². The zero-order valence-electron chi connectivity index (χ0n) is 14.1. The molecule has 3 aromatic heterocycles. The first-order valence-corrected chi connectivity index (χ1v) is 9.27. The molecule has 0 atom stereocenters. The Labute approximate surface area is 151 Å². The van der Waals surface area contributed by atoms with Crippen LogP contribution in [0.5, 0.6) is 0 Å². The van der Waals surface area contributed by atoms with Crippen molar-refractivity contribution < 1.29 is 26.4 Å². The molecule has 0 aliphatic carbocycles. The molecule has 0 amide bonds. The van der Waals surface area contributed by atoms with Crippen molar-refractivity contribution in [1.29, 1.82) is 0 Å². The van der Waals surface area contributed by atoms with Crippen LogP contribution >= 0.6 is 0 Å². The predicted octanol–water partition coefficient (Wildman–Crippen LogP) is 2.58. The number of halogens is 3. The summed E-state index contributed by atoms with van der Waals surface area (Å²) < 4.78 is 64.2. The molecule has 0 bridgehead atoms. The lowest BCUT2D eigenvalue weighted by molar-refractivity contribution is -0.141. The van der Waals surface area contributed by atoms with E-state index < -0.39 is 21.7 Å². The summed E-state index contributed by atoms with van der Waals surface area (Å²) >= 11 is 0. The zero-order valence-corrected chi connectivity index (χ0v) is 15.0. The molecule has 0 fully saturated rings. The van der Waals surface area contributed by atoms with Crippen LogP contribution in [0.4, 0.5) is 19.0 Å². The average Bonchev–Trinajstić information content (AvgIpc) is 3.05. The van der Waals surface area contributed by atoms with E-state index in [1.807, 2.05) is 0 Å². The number of nitrogens with zero attached hydrogens (tertiary/aromatic N) is 4. The predicted molar refractivity (Wildman–Crippen MR) is 89.6 cm³/mol. The largest absolute Gasteiger partial charge is 0.435 e. The van der Waals surface area contributed by atoms with Gasteiger partial charge < -0.3 is 0 Å². The summed E-state index contributed by atoms with van der Waals surface area (Å²) in [7, 11) is -2.30. The van der Waals surface area contributed by atoms with E-state index >= 15 is 0 Å². The molecule has 144 valence electrons. The van der Waals surface area contributed by atoms with Crippen LogP contribution in [-0.2, 0) is 20.9 Å². The molecule has 0 unspecified atom stereocenters. The van der Waals surface area contributed by atoms with Crippen LogP contribution in [0.1, 0.15) is 12.6 Å². The van der Waals surface area contributed by atoms with Crippen LogP contribution < -0.4 is 5.48 Å². The summed E-state index contributed by atoms with van der Waals surface area (Å²) in [6, 6.07) is 4.86. The third-order valence-corrected chi connectivity index (χ3v) is 5.40. The molecule has 0 aliphatic rings. The van der Waals surface area contributed by atoms with E-state index in [9.17, 15) is 21.6 Å². The highest BCUT2D eigenvalue weighted by Crippen LogP contribution is 2.30. The molecule has 27 heavy (non-hydrogen) atoms. The Balaban J connectivity index is 2.20. The van der Waals surface area contributed by atoms with Gasteiger partial charge in [-0.2, -0.15) is 18.3 Å². The fourth-order valence-corrected chi connectivity index (χ4v) is 3.38. The summed E-state index contributed by atoms with van der Waals surface area (Å²) in [5, 5.41) is 3.41. The zero-order chi connectivity index (χ0) is 19.8. The SMILES string of the molecule is CCS(=O)(=O)c1ccc(NOC)nc1-c1ccn2nc(C(F)(F)F)cc2n1. The number of nitrogens with one attached hydrogen (secondary N) is 1. The Morgan fingerprint density at radius 2 is 1.96 bits per heavy atom. The maximum absolute atomic E-state index is 12.8. The van der Waals surface area contributed by atoms with Gasteiger partial charge in [0.25, 0.3) is 0 Å². The van der Waals surface area contributed by atoms with Gasteiger partial charge in [-0.15, -0.1) is 0 Å². The molecule has 0 saturated heterocycles. The van der Waals surface area contributed by atoms with Crippen molar-refractivity contribution in [2.24, 2.45) is 0 Å². The Morgan fingerprint density at radius 3 is 2.59 bits per heavy atom. The van der Waals surface area contributed by atoms with Gasteiger partial charge in [0.15, 0.2) is 21.2 Å². The fourth-order valence-electron chi connectivity index (χ4n) is 2.35. The quantitative estimate of drug-likeness (QED) is 0.656. The summed E-state index contributed by atoms with van der Waals surface area (Å²) in [6.45, 7) is 1.48. The van der Waals surface area contributed by atoms with E-state index in [-0.39, 0.29) is 33.5 Å². The smallest absolute Gasteiger partial charge is 0.278 e. The van der Waals surface area contributed by atoms with Crippen molar-refractivity contribution in [3.63, 3.8) is 0 Å². The Kier molecular flexibility index (Phi) is 4.78. The maximum Gasteiger partial charge on any atom is 0.435 e. The van der Waals surface area contributed by atoms with Crippen molar-refractivity contribution >= 4 is 21.3 Å². The van der Waals surface area contributed by atoms with Gasteiger partial charge in [0.05, 0.1) is 23.5 Å². The van der Waals surface area contributed by atoms with Gasteiger partial charge in [0, 0.05) is 12.3 Å². The number of alkyl halides is 3. The Hall–Kier alpha value is -2.73. The first-order chi connectivity index (χ1) is 12.7. The number of aromatic nitrogens is 4. The molecule has 8 nitrogen and oxygen atoms in total. The Morgan fingerprint density at radius 1 is 1.22 bits per heavy atom. The Bertz CT molecular complexity index is 1100. The molecule has 3 aromatic rings. The molecule has 0 saturated carbocycles. The van der Waals surface area contributed by atoms with Crippen LogP contribution in [0.3, 0.4) is 0 Å². The van der Waals surface area contributed by atoms with E-state index in [0.29, 0.717) is 0 Å². The van der Waals surface area contributed by atoms with Gasteiger partial charge in [-0.25, -0.2) is 28.4 Å². The third kappa shape index (κ3) is 3.71. The standard InChI is InChI=1S/C15H14F3N5O3S/c1-3-27(24,25)10-4-5-12(22-26-2)20-14(10)9-6-7-23-13(19-9)8-11(21-23)15(16,17)18/h4-8H,3H2,1-2H3,(H,20,22). The molecular weight excluding hydrogens is 387 g/mol. The second-order valence-electron chi connectivity index (χ2n) is 5.40. The second-order valence-corrected chi connectivity index (χ2v) is 7.64.